The minimum atomic E-state index is -1.63. The smallest absolute Gasteiger partial charge is 0.408 e. The SMILES string of the molecule is CC[C@H](C)[C@@H]([C@@H](CC(=O)N1CCC[C@H]1[C@H](OC)[C@@H](C)C(=O)N[C@@H](Cc1ccccc1)c1nccs1)OC)N(C)C(=O)[C@@H](NC(=O)C(C)(C)NC(=O)OCc1ccc(NC(=O)[C@H](CCCNC(N)=O)NC(=O)[C@@H](NC(=O)[C@H](CCCCNC(=O)OCC2c3ccccc3-c3ccccc32)NC(=O)C(C)(C)NC(=O)OC)C(C)C)cc1)C(C)C. The molecule has 0 spiro atoms. The summed E-state index contributed by atoms with van der Waals surface area (Å²) in [6, 6.07) is 24.8. The first-order chi connectivity index (χ1) is 55.6. The molecule has 638 valence electrons. The number of nitrogens with zero attached hydrogens (tertiary/aromatic N) is 3. The summed E-state index contributed by atoms with van der Waals surface area (Å²) in [6.07, 6.45) is 0.886. The number of likely N-dealkylation sites (tertiary alicyclic amines) is 1. The average Bonchev–Trinajstić information content (AvgIpc) is 1.63. The Morgan fingerprint density at radius 2 is 1.22 bits per heavy atom. The summed E-state index contributed by atoms with van der Waals surface area (Å²) in [5.41, 5.74) is 8.18. The first-order valence-electron chi connectivity index (χ1n) is 40.0. The summed E-state index contributed by atoms with van der Waals surface area (Å²) < 4.78 is 28.2. The number of benzene rings is 4. The van der Waals surface area contributed by atoms with Crippen molar-refractivity contribution in [2.24, 2.45) is 29.4 Å². The minimum Gasteiger partial charge on any atom is -0.453 e. The maximum atomic E-state index is 14.8. The molecule has 31 nitrogen and oxygen atoms in total. The van der Waals surface area contributed by atoms with E-state index in [0.717, 1.165) is 39.9 Å². The van der Waals surface area contributed by atoms with Crippen LogP contribution in [0.5, 0.6) is 0 Å². The number of urea groups is 1. The number of primary amides is 1. The van der Waals surface area contributed by atoms with Crippen molar-refractivity contribution >= 4 is 88.6 Å². The highest BCUT2D eigenvalue weighted by Crippen LogP contribution is 2.45. The van der Waals surface area contributed by atoms with Gasteiger partial charge in [0.25, 0.3) is 0 Å². The number of unbranched alkanes of at least 4 members (excludes halogenated alkanes) is 1. The van der Waals surface area contributed by atoms with Crippen LogP contribution < -0.4 is 58.9 Å². The zero-order valence-electron chi connectivity index (χ0n) is 69.9. The van der Waals surface area contributed by atoms with E-state index in [-0.39, 0.29) is 93.8 Å². The highest BCUT2D eigenvalue weighted by atomic mass is 32.1. The standard InChI is InChI=1S/C85H120N14O17S/c1-16-52(6)70(66(112-13)47-67(100)99-44-27-36-65(99)71(113-14)53(7)72(101)92-64(76-87-43-45-117-76)46-54-28-18-17-19-29-54)98(12)77(105)69(51(4)5)95-79(107)85(10,11)97-83(111)115-48-55-37-39-56(40-38-55)90-73(102)62(35-26-42-88-80(86)108)91-75(104)68(50(2)3)94-74(103)63(93-78(106)84(8,9)96-82(110)114-15)34-24-25-41-89-81(109)116-49-61-59-32-22-20-30-57(59)58-31-21-23-33-60(58)61/h17-23,28-33,37-40,43,45,50-53,61-66,68-71H,16,24-27,34-36,41-42,44,46-49H2,1-15H3,(H,89,109)(H,90,102)(H,91,104)(H,92,101)(H,93,106)(H,94,103)(H,95,107)(H,96,110)(H,97,111)(H3,86,88,108)/t52-,53+,62-,63-,64-,65-,66+,68-,69-,70-,71+/m0/s1. The topological polar surface area (TPSA) is 417 Å². The van der Waals surface area contributed by atoms with Gasteiger partial charge in [-0.3, -0.25) is 38.4 Å². The molecule has 0 unspecified atom stereocenters. The van der Waals surface area contributed by atoms with Gasteiger partial charge in [-0.15, -0.1) is 11.3 Å². The van der Waals surface area contributed by atoms with Gasteiger partial charge in [0.1, 0.15) is 53.5 Å². The van der Waals surface area contributed by atoms with Gasteiger partial charge in [-0.1, -0.05) is 146 Å². The summed E-state index contributed by atoms with van der Waals surface area (Å²) in [5.74, 6) is -6.59. The van der Waals surface area contributed by atoms with Crippen molar-refractivity contribution in [1.82, 2.24) is 62.6 Å². The zero-order chi connectivity index (χ0) is 85.8. The molecule has 1 aliphatic heterocycles. The fourth-order valence-corrected chi connectivity index (χ4v) is 15.3. The van der Waals surface area contributed by atoms with E-state index in [1.54, 1.807) is 72.0 Å². The van der Waals surface area contributed by atoms with Crippen molar-refractivity contribution in [1.29, 1.82) is 0 Å². The average molecular weight is 1640 g/mol. The number of carbonyl (C=O) groups excluding carboxylic acids is 12. The predicted molar refractivity (Wildman–Crippen MR) is 442 cm³/mol. The van der Waals surface area contributed by atoms with Crippen molar-refractivity contribution in [3.8, 4) is 11.1 Å². The van der Waals surface area contributed by atoms with Crippen LogP contribution in [0.2, 0.25) is 0 Å². The Morgan fingerprint density at radius 1 is 0.624 bits per heavy atom. The Labute approximate surface area is 690 Å². The highest BCUT2D eigenvalue weighted by Gasteiger charge is 2.45. The number of hydrogen-bond acceptors (Lipinski definition) is 19. The Bertz CT molecular complexity index is 4120. The van der Waals surface area contributed by atoms with Crippen molar-refractivity contribution in [2.75, 3.05) is 59.9 Å². The molecule has 1 saturated heterocycles. The number of nitrogens with one attached hydrogen (secondary N) is 10. The third-order valence-corrected chi connectivity index (χ3v) is 22.5. The van der Waals surface area contributed by atoms with Gasteiger partial charge in [0.15, 0.2) is 0 Å². The molecule has 2 heterocycles. The van der Waals surface area contributed by atoms with Crippen LogP contribution in [0, 0.1) is 23.7 Å². The number of nitrogens with two attached hydrogens (primary N) is 1. The molecular formula is C85H120N14O17S. The van der Waals surface area contributed by atoms with E-state index in [2.05, 4.69) is 58.2 Å². The van der Waals surface area contributed by atoms with Gasteiger partial charge in [0.05, 0.1) is 49.8 Å². The number of likely N-dealkylation sites (N-methyl/N-ethyl adjacent to an activating group) is 1. The number of methoxy groups -OCH3 is 3. The molecular weight excluding hydrogens is 1520 g/mol. The van der Waals surface area contributed by atoms with Crippen molar-refractivity contribution in [3.63, 3.8) is 0 Å². The van der Waals surface area contributed by atoms with E-state index in [0.29, 0.717) is 44.2 Å². The van der Waals surface area contributed by atoms with Crippen molar-refractivity contribution in [3.05, 3.63) is 142 Å². The maximum absolute atomic E-state index is 14.8. The number of carbonyl (C=O) groups is 12. The molecule has 12 N–H and O–H groups in total. The second kappa shape index (κ2) is 44.6. The maximum Gasteiger partial charge on any atom is 0.408 e. The quantitative estimate of drug-likeness (QED) is 0.0128. The first kappa shape index (κ1) is 93.4. The van der Waals surface area contributed by atoms with Crippen LogP contribution in [-0.2, 0) is 75.1 Å². The molecule has 0 radical (unpaired) electrons. The van der Waals surface area contributed by atoms with Gasteiger partial charge in [0.2, 0.25) is 47.3 Å². The third kappa shape index (κ3) is 26.6. The number of thiazole rings is 1. The molecule has 0 bridgehead atoms. The second-order valence-electron chi connectivity index (χ2n) is 31.7. The fourth-order valence-electron chi connectivity index (χ4n) is 14.7. The van der Waals surface area contributed by atoms with Crippen LogP contribution in [0.15, 0.2) is 115 Å². The lowest BCUT2D eigenvalue weighted by atomic mass is 9.89. The summed E-state index contributed by atoms with van der Waals surface area (Å²) >= 11 is 1.46. The first-order valence-corrected chi connectivity index (χ1v) is 40.9. The summed E-state index contributed by atoms with van der Waals surface area (Å²) in [6.45, 7) is 18.8. The lowest BCUT2D eigenvalue weighted by molar-refractivity contribution is -0.148. The molecule has 1 aromatic heterocycles. The number of ether oxygens (including phenoxy) is 5. The Kier molecular flexibility index (Phi) is 35.6. The van der Waals surface area contributed by atoms with E-state index < -0.39 is 137 Å². The van der Waals surface area contributed by atoms with Gasteiger partial charge in [-0.2, -0.15) is 0 Å². The zero-order valence-corrected chi connectivity index (χ0v) is 70.7. The summed E-state index contributed by atoms with van der Waals surface area (Å²) in [4.78, 5) is 173. The highest BCUT2D eigenvalue weighted by molar-refractivity contribution is 7.09. The van der Waals surface area contributed by atoms with Crippen LogP contribution >= 0.6 is 11.3 Å². The second-order valence-corrected chi connectivity index (χ2v) is 32.6. The van der Waals surface area contributed by atoms with Gasteiger partial charge in [-0.05, 0) is 142 Å². The molecule has 1 aliphatic carbocycles. The molecule has 0 saturated carbocycles. The molecule has 2 aliphatic rings. The van der Waals surface area contributed by atoms with E-state index in [1.807, 2.05) is 98.1 Å². The molecule has 7 rings (SSSR count). The van der Waals surface area contributed by atoms with Crippen LogP contribution in [0.3, 0.4) is 0 Å². The third-order valence-electron chi connectivity index (χ3n) is 21.6. The molecule has 13 amide bonds. The summed E-state index contributed by atoms with van der Waals surface area (Å²) in [7, 11) is 5.80. The Morgan fingerprint density at radius 3 is 1.81 bits per heavy atom. The molecule has 4 aromatic carbocycles. The number of alkyl carbamates (subject to hydrolysis) is 3. The number of aromatic nitrogens is 1. The molecule has 11 atom stereocenters. The number of rotatable bonds is 43. The summed E-state index contributed by atoms with van der Waals surface area (Å²) in [5, 5.41) is 30.0. The Balaban J connectivity index is 0.922. The lowest BCUT2D eigenvalue weighted by Crippen LogP contribution is -2.62. The molecule has 32 heteroatoms. The molecule has 117 heavy (non-hydrogen) atoms. The van der Waals surface area contributed by atoms with E-state index in [1.165, 1.54) is 63.2 Å². The molecule has 1 fully saturated rings. The van der Waals surface area contributed by atoms with Gasteiger partial charge in [-0.25, -0.2) is 24.2 Å². The number of amides is 13. The van der Waals surface area contributed by atoms with Gasteiger partial charge in [0, 0.05) is 64.1 Å². The fraction of sp³-hybridized carbons (Fsp3) is 0.541. The van der Waals surface area contributed by atoms with E-state index in [4.69, 9.17) is 29.4 Å². The van der Waals surface area contributed by atoms with Crippen molar-refractivity contribution < 1.29 is 81.2 Å². The number of fused-ring (bicyclic) bond motifs is 3. The predicted octanol–water partition coefficient (Wildman–Crippen LogP) is 8.65. The number of anilines is 1. The van der Waals surface area contributed by atoms with Crippen LogP contribution in [0.1, 0.15) is 173 Å². The van der Waals surface area contributed by atoms with E-state index in [9.17, 15) is 57.5 Å². The van der Waals surface area contributed by atoms with Crippen LogP contribution in [-0.4, -0.2) is 201 Å². The minimum absolute atomic E-state index is 0.0173. The lowest BCUT2D eigenvalue weighted by Gasteiger charge is -2.41. The largest absolute Gasteiger partial charge is 0.453 e. The van der Waals surface area contributed by atoms with Gasteiger partial charge >= 0.3 is 24.3 Å². The van der Waals surface area contributed by atoms with Gasteiger partial charge < -0.3 is 92.4 Å². The monoisotopic (exact) mass is 1640 g/mol. The van der Waals surface area contributed by atoms with Crippen LogP contribution in [0.25, 0.3) is 11.1 Å². The van der Waals surface area contributed by atoms with E-state index >= 15 is 0 Å². The molecule has 5 aromatic rings. The normalized spacial score (nSPS) is 15.8. The van der Waals surface area contributed by atoms with Crippen LogP contribution in [0.4, 0.5) is 24.9 Å². The number of hydrogen-bond donors (Lipinski definition) is 11. The Hall–Kier alpha value is -10.7. The van der Waals surface area contributed by atoms with Crippen molar-refractivity contribution in [2.45, 2.75) is 218 Å².